The lowest BCUT2D eigenvalue weighted by Gasteiger charge is -2.27. The molecule has 5 heteroatoms. The van der Waals surface area contributed by atoms with Crippen LogP contribution in [0.25, 0.3) is 0 Å². The topological polar surface area (TPSA) is 12.5 Å². The number of nitrogens with zero attached hydrogens (tertiary/aromatic N) is 1. The molecule has 0 saturated heterocycles. The summed E-state index contributed by atoms with van der Waals surface area (Å²) < 4.78 is 45.1. The van der Waals surface area contributed by atoms with E-state index in [1.165, 1.54) is 13.2 Å². The number of methoxy groups -OCH3 is 1. The number of benzene rings is 3. The van der Waals surface area contributed by atoms with E-state index in [0.717, 1.165) is 23.3 Å². The first-order chi connectivity index (χ1) is 13.0. The Morgan fingerprint density at radius 3 is 1.74 bits per heavy atom. The molecule has 3 aromatic carbocycles. The summed E-state index contributed by atoms with van der Waals surface area (Å²) in [6.45, 7) is 0.931. The van der Waals surface area contributed by atoms with E-state index in [-0.39, 0.29) is 0 Å². The zero-order chi connectivity index (χ0) is 19.3. The van der Waals surface area contributed by atoms with Crippen molar-refractivity contribution in [3.63, 3.8) is 0 Å². The highest BCUT2D eigenvalue weighted by Gasteiger charge is 2.32. The molecule has 3 rings (SSSR count). The Balaban J connectivity index is 2.03. The predicted octanol–water partition coefficient (Wildman–Crippen LogP) is 5.92. The van der Waals surface area contributed by atoms with Crippen molar-refractivity contribution in [2.75, 3.05) is 12.0 Å². The summed E-state index contributed by atoms with van der Waals surface area (Å²) in [6.07, 6.45) is -4.41. The number of halogens is 3. The third-order valence-corrected chi connectivity index (χ3v) is 4.28. The summed E-state index contributed by atoms with van der Waals surface area (Å²) in [7, 11) is 1.47. The van der Waals surface area contributed by atoms with Crippen molar-refractivity contribution in [2.45, 2.75) is 19.3 Å². The van der Waals surface area contributed by atoms with Crippen molar-refractivity contribution in [3.8, 4) is 5.75 Å². The minimum atomic E-state index is -4.41. The van der Waals surface area contributed by atoms with Crippen molar-refractivity contribution in [1.82, 2.24) is 0 Å². The Hall–Kier alpha value is -2.95. The first kappa shape index (κ1) is 18.8. The van der Waals surface area contributed by atoms with Gasteiger partial charge in [-0.15, -0.1) is 0 Å². The average Bonchev–Trinajstić information content (AvgIpc) is 2.68. The van der Waals surface area contributed by atoms with Crippen LogP contribution in [0.15, 0.2) is 78.9 Å². The van der Waals surface area contributed by atoms with Crippen LogP contribution in [-0.4, -0.2) is 7.11 Å². The SMILES string of the molecule is COc1ccc(C(F)(F)F)cc1N(Cc1ccccc1)Cc1ccccc1. The van der Waals surface area contributed by atoms with Crippen LogP contribution in [0.3, 0.4) is 0 Å². The summed E-state index contributed by atoms with van der Waals surface area (Å²) in [4.78, 5) is 1.90. The average molecular weight is 371 g/mol. The van der Waals surface area contributed by atoms with Gasteiger partial charge in [-0.05, 0) is 29.3 Å². The highest BCUT2D eigenvalue weighted by Crippen LogP contribution is 2.37. The fraction of sp³-hybridized carbons (Fsp3) is 0.182. The van der Waals surface area contributed by atoms with Gasteiger partial charge in [-0.1, -0.05) is 60.7 Å². The lowest BCUT2D eigenvalue weighted by molar-refractivity contribution is -0.137. The molecule has 0 aliphatic rings. The number of rotatable bonds is 6. The Morgan fingerprint density at radius 1 is 0.778 bits per heavy atom. The van der Waals surface area contributed by atoms with Gasteiger partial charge in [0, 0.05) is 13.1 Å². The Kier molecular flexibility index (Phi) is 5.69. The number of hydrogen-bond acceptors (Lipinski definition) is 2. The van der Waals surface area contributed by atoms with Gasteiger partial charge in [0.05, 0.1) is 18.4 Å². The summed E-state index contributed by atoms with van der Waals surface area (Å²) in [5.41, 5.74) is 1.74. The highest BCUT2D eigenvalue weighted by molar-refractivity contribution is 5.61. The minimum Gasteiger partial charge on any atom is -0.495 e. The zero-order valence-electron chi connectivity index (χ0n) is 14.9. The summed E-state index contributed by atoms with van der Waals surface area (Å²) in [5.74, 6) is 0.412. The van der Waals surface area contributed by atoms with Crippen LogP contribution in [0.1, 0.15) is 16.7 Å². The molecule has 2 nitrogen and oxygen atoms in total. The largest absolute Gasteiger partial charge is 0.495 e. The molecule has 0 heterocycles. The van der Waals surface area contributed by atoms with E-state index in [9.17, 15) is 13.2 Å². The zero-order valence-corrected chi connectivity index (χ0v) is 14.9. The third-order valence-electron chi connectivity index (χ3n) is 4.28. The Labute approximate surface area is 156 Å². The molecular weight excluding hydrogens is 351 g/mol. The first-order valence-electron chi connectivity index (χ1n) is 8.55. The van der Waals surface area contributed by atoms with Crippen molar-refractivity contribution in [1.29, 1.82) is 0 Å². The van der Waals surface area contributed by atoms with Gasteiger partial charge in [-0.3, -0.25) is 0 Å². The van der Waals surface area contributed by atoms with Crippen LogP contribution in [0.4, 0.5) is 18.9 Å². The van der Waals surface area contributed by atoms with Crippen molar-refractivity contribution in [3.05, 3.63) is 95.6 Å². The van der Waals surface area contributed by atoms with Gasteiger partial charge >= 0.3 is 6.18 Å². The second-order valence-corrected chi connectivity index (χ2v) is 6.21. The quantitative estimate of drug-likeness (QED) is 0.533. The van der Waals surface area contributed by atoms with E-state index < -0.39 is 11.7 Å². The standard InChI is InChI=1S/C22H20F3NO/c1-27-21-13-12-19(22(23,24)25)14-20(21)26(15-17-8-4-2-5-9-17)16-18-10-6-3-7-11-18/h2-14H,15-16H2,1H3. The summed E-state index contributed by atoms with van der Waals surface area (Å²) in [6, 6.07) is 22.9. The second kappa shape index (κ2) is 8.16. The van der Waals surface area contributed by atoms with E-state index in [1.54, 1.807) is 0 Å². The van der Waals surface area contributed by atoms with Gasteiger partial charge in [0.15, 0.2) is 0 Å². The molecule has 0 radical (unpaired) electrons. The number of ether oxygens (including phenoxy) is 1. The fourth-order valence-electron chi connectivity index (χ4n) is 2.95. The highest BCUT2D eigenvalue weighted by atomic mass is 19.4. The van der Waals surface area contributed by atoms with Gasteiger partial charge in [0.25, 0.3) is 0 Å². The molecule has 0 bridgehead atoms. The molecule has 0 aliphatic carbocycles. The van der Waals surface area contributed by atoms with Crippen LogP contribution in [0.5, 0.6) is 5.75 Å². The second-order valence-electron chi connectivity index (χ2n) is 6.21. The molecule has 0 fully saturated rings. The number of alkyl halides is 3. The van der Waals surface area contributed by atoms with Crippen LogP contribution in [-0.2, 0) is 19.3 Å². The monoisotopic (exact) mass is 371 g/mol. The van der Waals surface area contributed by atoms with E-state index in [1.807, 2.05) is 65.6 Å². The Morgan fingerprint density at radius 2 is 1.30 bits per heavy atom. The Bertz CT molecular complexity index is 822. The van der Waals surface area contributed by atoms with Crippen LogP contribution in [0.2, 0.25) is 0 Å². The van der Waals surface area contributed by atoms with Crippen LogP contribution >= 0.6 is 0 Å². The smallest absolute Gasteiger partial charge is 0.416 e. The van der Waals surface area contributed by atoms with Crippen molar-refractivity contribution < 1.29 is 17.9 Å². The van der Waals surface area contributed by atoms with Crippen molar-refractivity contribution in [2.24, 2.45) is 0 Å². The van der Waals surface area contributed by atoms with E-state index in [4.69, 9.17) is 4.74 Å². The normalized spacial score (nSPS) is 11.3. The molecule has 0 aromatic heterocycles. The third kappa shape index (κ3) is 4.82. The summed E-state index contributed by atoms with van der Waals surface area (Å²) in [5, 5.41) is 0. The molecule has 0 saturated carbocycles. The molecule has 140 valence electrons. The minimum absolute atomic E-state index is 0.412. The van der Waals surface area contributed by atoms with Crippen LogP contribution < -0.4 is 9.64 Å². The lowest BCUT2D eigenvalue weighted by atomic mass is 10.1. The van der Waals surface area contributed by atoms with Gasteiger partial charge in [-0.2, -0.15) is 13.2 Å². The predicted molar refractivity (Wildman–Crippen MR) is 101 cm³/mol. The lowest BCUT2D eigenvalue weighted by Crippen LogP contribution is -2.23. The molecule has 0 atom stereocenters. The van der Waals surface area contributed by atoms with Crippen LogP contribution in [0, 0.1) is 0 Å². The molecule has 0 amide bonds. The van der Waals surface area contributed by atoms with E-state index >= 15 is 0 Å². The first-order valence-corrected chi connectivity index (χ1v) is 8.55. The maximum atomic E-state index is 13.3. The van der Waals surface area contributed by atoms with E-state index in [0.29, 0.717) is 24.5 Å². The fourth-order valence-corrected chi connectivity index (χ4v) is 2.95. The molecule has 0 spiro atoms. The van der Waals surface area contributed by atoms with Gasteiger partial charge in [0.2, 0.25) is 0 Å². The van der Waals surface area contributed by atoms with E-state index in [2.05, 4.69) is 0 Å². The van der Waals surface area contributed by atoms with Gasteiger partial charge < -0.3 is 9.64 Å². The van der Waals surface area contributed by atoms with Gasteiger partial charge in [0.1, 0.15) is 5.75 Å². The maximum Gasteiger partial charge on any atom is 0.416 e. The maximum absolute atomic E-state index is 13.3. The molecular formula is C22H20F3NO. The molecule has 0 aliphatic heterocycles. The summed E-state index contributed by atoms with van der Waals surface area (Å²) >= 11 is 0. The van der Waals surface area contributed by atoms with Gasteiger partial charge in [-0.25, -0.2) is 0 Å². The molecule has 0 N–H and O–H groups in total. The molecule has 27 heavy (non-hydrogen) atoms. The molecule has 0 unspecified atom stereocenters. The van der Waals surface area contributed by atoms with Crippen molar-refractivity contribution >= 4 is 5.69 Å². The number of hydrogen-bond donors (Lipinski definition) is 0. The number of anilines is 1. The molecule has 3 aromatic rings.